The molecule has 2 amide bonds. The Morgan fingerprint density at radius 3 is 2.32 bits per heavy atom. The van der Waals surface area contributed by atoms with E-state index in [0.717, 1.165) is 32.4 Å². The van der Waals surface area contributed by atoms with Gasteiger partial charge in [0.2, 0.25) is 5.91 Å². The molecular weight excluding hydrogens is 466 g/mol. The van der Waals surface area contributed by atoms with Crippen molar-refractivity contribution in [2.45, 2.75) is 64.0 Å². The van der Waals surface area contributed by atoms with Gasteiger partial charge in [-0.05, 0) is 70.2 Å². The first kappa shape index (κ1) is 27.0. The second-order valence-corrected chi connectivity index (χ2v) is 10.5. The third-order valence-electron chi connectivity index (χ3n) is 8.29. The quantitative estimate of drug-likeness (QED) is 0.504. The Labute approximate surface area is 221 Å². The largest absolute Gasteiger partial charge is 0.497 e. The monoisotopic (exact) mass is 507 g/mol. The number of methoxy groups -OCH3 is 2. The molecule has 3 atom stereocenters. The molecule has 0 radical (unpaired) electrons. The van der Waals surface area contributed by atoms with E-state index in [1.54, 1.807) is 32.4 Å². The number of rotatable bonds is 9. The first-order valence-electron chi connectivity index (χ1n) is 13.5. The van der Waals surface area contributed by atoms with Gasteiger partial charge in [-0.3, -0.25) is 9.59 Å². The van der Waals surface area contributed by atoms with Crippen LogP contribution in [0.25, 0.3) is 0 Å². The summed E-state index contributed by atoms with van der Waals surface area (Å²) in [7, 11) is 3.16. The van der Waals surface area contributed by atoms with Gasteiger partial charge in [0.15, 0.2) is 0 Å². The topological polar surface area (TPSA) is 71.1 Å². The number of fused-ring (bicyclic) bond motifs is 1. The van der Waals surface area contributed by atoms with Crippen LogP contribution in [0.3, 0.4) is 0 Å². The molecule has 0 aliphatic carbocycles. The zero-order valence-electron chi connectivity index (χ0n) is 22.7. The van der Waals surface area contributed by atoms with Crippen molar-refractivity contribution in [2.24, 2.45) is 5.92 Å². The number of ether oxygens (including phenoxy) is 2. The highest BCUT2D eigenvalue weighted by Crippen LogP contribution is 2.35. The number of carbonyl (C=O) groups excluding carboxylic acids is 2. The van der Waals surface area contributed by atoms with E-state index in [1.165, 1.54) is 12.8 Å². The summed E-state index contributed by atoms with van der Waals surface area (Å²) in [6, 6.07) is 15.1. The molecule has 0 bridgehead atoms. The maximum absolute atomic E-state index is 14.0. The fourth-order valence-corrected chi connectivity index (χ4v) is 5.89. The average molecular weight is 508 g/mol. The van der Waals surface area contributed by atoms with Crippen LogP contribution in [0, 0.1) is 5.92 Å². The van der Waals surface area contributed by atoms with E-state index in [1.807, 2.05) is 49.1 Å². The lowest BCUT2D eigenvalue weighted by Gasteiger charge is -2.48. The third-order valence-corrected chi connectivity index (χ3v) is 8.29. The predicted octanol–water partition coefficient (Wildman–Crippen LogP) is 5.22. The number of benzene rings is 2. The van der Waals surface area contributed by atoms with Crippen molar-refractivity contribution in [1.29, 1.82) is 0 Å². The zero-order valence-corrected chi connectivity index (χ0v) is 22.7. The van der Waals surface area contributed by atoms with Gasteiger partial charge in [0.1, 0.15) is 17.0 Å². The van der Waals surface area contributed by atoms with Gasteiger partial charge < -0.3 is 24.6 Å². The second kappa shape index (κ2) is 12.0. The predicted molar refractivity (Wildman–Crippen MR) is 146 cm³/mol. The third kappa shape index (κ3) is 5.93. The molecule has 37 heavy (non-hydrogen) atoms. The van der Waals surface area contributed by atoms with Gasteiger partial charge in [-0.25, -0.2) is 0 Å². The van der Waals surface area contributed by atoms with Gasteiger partial charge in [0, 0.05) is 42.0 Å². The summed E-state index contributed by atoms with van der Waals surface area (Å²) in [6.07, 6.45) is 6.33. The van der Waals surface area contributed by atoms with Crippen LogP contribution in [-0.2, 0) is 4.79 Å². The zero-order chi connectivity index (χ0) is 26.4. The highest BCUT2D eigenvalue weighted by atomic mass is 16.5. The van der Waals surface area contributed by atoms with E-state index in [0.29, 0.717) is 47.7 Å². The molecule has 1 N–H and O–H groups in total. The average Bonchev–Trinajstić information content (AvgIpc) is 2.95. The molecule has 2 aliphatic rings. The van der Waals surface area contributed by atoms with Crippen LogP contribution in [0.15, 0.2) is 48.5 Å². The number of carbonyl (C=O) groups is 2. The molecule has 2 aliphatic heterocycles. The van der Waals surface area contributed by atoms with Gasteiger partial charge in [-0.15, -0.1) is 0 Å². The lowest BCUT2D eigenvalue weighted by atomic mass is 9.81. The van der Waals surface area contributed by atoms with Crippen molar-refractivity contribution < 1.29 is 19.1 Å². The Kier molecular flexibility index (Phi) is 8.75. The fraction of sp³-hybridized carbons (Fsp3) is 0.533. The number of hydrogen-bond acceptors (Lipinski definition) is 5. The molecule has 2 aromatic carbocycles. The summed E-state index contributed by atoms with van der Waals surface area (Å²) < 4.78 is 10.8. The minimum Gasteiger partial charge on any atom is -0.497 e. The van der Waals surface area contributed by atoms with Crippen molar-refractivity contribution in [3.05, 3.63) is 54.1 Å². The highest BCUT2D eigenvalue weighted by molar-refractivity contribution is 6.03. The minimum atomic E-state index is -1.04. The molecule has 2 fully saturated rings. The van der Waals surface area contributed by atoms with Crippen LogP contribution in [0.1, 0.15) is 62.7 Å². The second-order valence-electron chi connectivity index (χ2n) is 10.5. The lowest BCUT2D eigenvalue weighted by molar-refractivity contribution is -0.126. The highest BCUT2D eigenvalue weighted by Gasteiger charge is 2.44. The lowest BCUT2D eigenvalue weighted by Crippen LogP contribution is -2.60. The molecule has 2 aromatic rings. The SMILES string of the molecule is CC[C@](C)(C(=O)Nc1cc(OC)cc(OC)c1)N(C[C@H]1CCCN2CCCC[C@H]12)C(=O)c1ccccc1. The maximum Gasteiger partial charge on any atom is 0.254 e. The smallest absolute Gasteiger partial charge is 0.254 e. The molecule has 7 heteroatoms. The van der Waals surface area contributed by atoms with E-state index >= 15 is 0 Å². The Bertz CT molecular complexity index is 1050. The Morgan fingerprint density at radius 2 is 1.68 bits per heavy atom. The van der Waals surface area contributed by atoms with Crippen molar-refractivity contribution in [2.75, 3.05) is 39.2 Å². The summed E-state index contributed by atoms with van der Waals surface area (Å²) in [4.78, 5) is 32.5. The van der Waals surface area contributed by atoms with Crippen molar-refractivity contribution in [3.8, 4) is 11.5 Å². The summed E-state index contributed by atoms with van der Waals surface area (Å²) in [5.41, 5.74) is 0.138. The van der Waals surface area contributed by atoms with Crippen molar-refractivity contribution in [1.82, 2.24) is 9.80 Å². The molecule has 200 valence electrons. The van der Waals surface area contributed by atoms with Crippen LogP contribution in [0.5, 0.6) is 11.5 Å². The molecule has 7 nitrogen and oxygen atoms in total. The number of anilines is 1. The number of hydrogen-bond donors (Lipinski definition) is 1. The minimum absolute atomic E-state index is 0.101. The normalized spacial score (nSPS) is 21.3. The Balaban J connectivity index is 1.66. The molecule has 2 saturated heterocycles. The van der Waals surface area contributed by atoms with Crippen molar-refractivity contribution in [3.63, 3.8) is 0 Å². The van der Waals surface area contributed by atoms with Gasteiger partial charge in [0.25, 0.3) is 5.91 Å². The van der Waals surface area contributed by atoms with E-state index in [9.17, 15) is 9.59 Å². The van der Waals surface area contributed by atoms with Gasteiger partial charge in [-0.1, -0.05) is 31.5 Å². The summed E-state index contributed by atoms with van der Waals surface area (Å²) >= 11 is 0. The molecule has 0 spiro atoms. The van der Waals surface area contributed by atoms with Crippen LogP contribution in [0.4, 0.5) is 5.69 Å². The number of nitrogens with zero attached hydrogens (tertiary/aromatic N) is 2. The maximum atomic E-state index is 14.0. The molecule has 0 saturated carbocycles. The number of amides is 2. The Morgan fingerprint density at radius 1 is 1.00 bits per heavy atom. The van der Waals surface area contributed by atoms with Crippen LogP contribution in [-0.4, -0.2) is 67.0 Å². The molecule has 0 unspecified atom stereocenters. The van der Waals surface area contributed by atoms with Crippen LogP contribution in [0.2, 0.25) is 0 Å². The first-order valence-corrected chi connectivity index (χ1v) is 13.5. The van der Waals surface area contributed by atoms with Gasteiger partial charge >= 0.3 is 0 Å². The molecule has 0 aromatic heterocycles. The Hall–Kier alpha value is -3.06. The van der Waals surface area contributed by atoms with E-state index < -0.39 is 5.54 Å². The van der Waals surface area contributed by atoms with E-state index in [4.69, 9.17) is 9.47 Å². The fourth-order valence-electron chi connectivity index (χ4n) is 5.89. The van der Waals surface area contributed by atoms with E-state index in [2.05, 4.69) is 10.2 Å². The molecule has 2 heterocycles. The summed E-state index contributed by atoms with van der Waals surface area (Å²) in [5.74, 6) is 1.20. The van der Waals surface area contributed by atoms with Crippen LogP contribution >= 0.6 is 0 Å². The molecular formula is C30H41N3O4. The standard InChI is InChI=1S/C30H41N3O4/c1-5-30(2,29(35)31-24-18-25(36-3)20-26(19-24)37-4)33(28(34)22-12-7-6-8-13-22)21-23-14-11-17-32-16-10-9-15-27(23)32/h6-8,12-13,18-20,23,27H,5,9-11,14-17,21H2,1-4H3,(H,31,35)/t23-,27-,30-/m1/s1. The number of piperidine rings is 2. The van der Waals surface area contributed by atoms with Gasteiger partial charge in [-0.2, -0.15) is 0 Å². The van der Waals surface area contributed by atoms with E-state index in [-0.39, 0.29) is 11.8 Å². The number of nitrogens with one attached hydrogen (secondary N) is 1. The van der Waals surface area contributed by atoms with Crippen molar-refractivity contribution >= 4 is 17.5 Å². The summed E-state index contributed by atoms with van der Waals surface area (Å²) in [6.45, 7) is 6.70. The van der Waals surface area contributed by atoms with Crippen LogP contribution < -0.4 is 14.8 Å². The summed E-state index contributed by atoms with van der Waals surface area (Å²) in [5, 5.41) is 3.06. The van der Waals surface area contributed by atoms with Gasteiger partial charge in [0.05, 0.1) is 14.2 Å². The molecule has 4 rings (SSSR count). The first-order chi connectivity index (χ1) is 17.9.